The van der Waals surface area contributed by atoms with Crippen LogP contribution in [0.3, 0.4) is 0 Å². The summed E-state index contributed by atoms with van der Waals surface area (Å²) < 4.78 is 0. The minimum atomic E-state index is 0.191. The molecule has 4 rings (SSSR count). The van der Waals surface area contributed by atoms with Gasteiger partial charge in [0.25, 0.3) is 0 Å². The van der Waals surface area contributed by atoms with Crippen LogP contribution in [0, 0.1) is 5.41 Å². The maximum atomic E-state index is 12.6. The van der Waals surface area contributed by atoms with Crippen molar-refractivity contribution in [3.63, 3.8) is 0 Å². The Hall–Kier alpha value is -1.92. The monoisotopic (exact) mass is 342 g/mol. The number of nitrogen functional groups attached to an aromatic ring is 1. The number of thiazole rings is 1. The number of rotatable bonds is 3. The molecule has 1 atom stereocenters. The summed E-state index contributed by atoms with van der Waals surface area (Å²) in [6, 6.07) is 7.72. The number of anilines is 1. The van der Waals surface area contributed by atoms with Gasteiger partial charge in [0.15, 0.2) is 0 Å². The fraction of sp³-hybridized carbons (Fsp3) is 0.444. The molecule has 6 heteroatoms. The zero-order valence-electron chi connectivity index (χ0n) is 13.6. The standard InChI is InChI=1S/C18H22N4OS/c19-15-4-2-1-3-14(15)17-21-13(10-24-17)9-16(23)22-8-6-18(12-22)5-7-20-11-18/h1-4,10,20H,5-9,11-12,19H2. The van der Waals surface area contributed by atoms with Gasteiger partial charge in [0.1, 0.15) is 5.01 Å². The summed E-state index contributed by atoms with van der Waals surface area (Å²) in [5.41, 5.74) is 8.84. The summed E-state index contributed by atoms with van der Waals surface area (Å²) in [7, 11) is 0. The molecule has 2 aromatic rings. The number of nitrogens with one attached hydrogen (secondary N) is 1. The maximum absolute atomic E-state index is 12.6. The van der Waals surface area contributed by atoms with Gasteiger partial charge < -0.3 is 16.0 Å². The van der Waals surface area contributed by atoms with E-state index < -0.39 is 0 Å². The molecule has 0 bridgehead atoms. The zero-order valence-corrected chi connectivity index (χ0v) is 14.4. The van der Waals surface area contributed by atoms with Crippen LogP contribution in [0.2, 0.25) is 0 Å². The number of hydrogen-bond acceptors (Lipinski definition) is 5. The average Bonchev–Trinajstić information content (AvgIpc) is 3.31. The second-order valence-electron chi connectivity index (χ2n) is 6.90. The fourth-order valence-electron chi connectivity index (χ4n) is 3.76. The SMILES string of the molecule is Nc1ccccc1-c1nc(CC(=O)N2CCC3(CCNC3)C2)cs1. The first-order valence-electron chi connectivity index (χ1n) is 8.43. The highest BCUT2D eigenvalue weighted by molar-refractivity contribution is 7.13. The van der Waals surface area contributed by atoms with Crippen molar-refractivity contribution >= 4 is 22.9 Å². The molecule has 2 aliphatic heterocycles. The first kappa shape index (κ1) is 15.6. The third-order valence-corrected chi connectivity index (χ3v) is 6.12. The number of para-hydroxylation sites is 1. The number of amides is 1. The van der Waals surface area contributed by atoms with Crippen LogP contribution in [0.25, 0.3) is 10.6 Å². The molecule has 0 aliphatic carbocycles. The Morgan fingerprint density at radius 3 is 3.04 bits per heavy atom. The predicted octanol–water partition coefficient (Wildman–Crippen LogP) is 2.15. The Morgan fingerprint density at radius 2 is 2.25 bits per heavy atom. The van der Waals surface area contributed by atoms with Gasteiger partial charge >= 0.3 is 0 Å². The van der Waals surface area contributed by atoms with E-state index in [1.54, 1.807) is 11.3 Å². The number of hydrogen-bond donors (Lipinski definition) is 2. The van der Waals surface area contributed by atoms with E-state index in [0.29, 0.717) is 11.8 Å². The lowest BCUT2D eigenvalue weighted by atomic mass is 9.86. The Bertz CT molecular complexity index is 751. The average molecular weight is 342 g/mol. The lowest BCUT2D eigenvalue weighted by molar-refractivity contribution is -0.129. The predicted molar refractivity (Wildman–Crippen MR) is 96.8 cm³/mol. The van der Waals surface area contributed by atoms with Crippen LogP contribution >= 0.6 is 11.3 Å². The lowest BCUT2D eigenvalue weighted by Crippen LogP contribution is -2.34. The topological polar surface area (TPSA) is 71.2 Å². The van der Waals surface area contributed by atoms with Gasteiger partial charge in [0.05, 0.1) is 12.1 Å². The summed E-state index contributed by atoms with van der Waals surface area (Å²) in [5, 5.41) is 6.29. The van der Waals surface area contributed by atoms with Crippen LogP contribution < -0.4 is 11.1 Å². The molecule has 126 valence electrons. The second kappa shape index (κ2) is 6.18. The van der Waals surface area contributed by atoms with Gasteiger partial charge in [-0.15, -0.1) is 11.3 Å². The van der Waals surface area contributed by atoms with E-state index in [4.69, 9.17) is 5.73 Å². The highest BCUT2D eigenvalue weighted by Crippen LogP contribution is 2.36. The molecule has 3 N–H and O–H groups in total. The van der Waals surface area contributed by atoms with E-state index >= 15 is 0 Å². The number of carbonyl (C=O) groups excluding carboxylic acids is 1. The number of likely N-dealkylation sites (tertiary alicyclic amines) is 1. The number of carbonyl (C=O) groups is 1. The first-order chi connectivity index (χ1) is 11.7. The minimum absolute atomic E-state index is 0.191. The van der Waals surface area contributed by atoms with Gasteiger partial charge in [0, 0.05) is 41.7 Å². The van der Waals surface area contributed by atoms with Crippen molar-refractivity contribution in [1.29, 1.82) is 0 Å². The third-order valence-electron chi connectivity index (χ3n) is 5.20. The summed E-state index contributed by atoms with van der Waals surface area (Å²) in [4.78, 5) is 19.3. The normalized spacial score (nSPS) is 23.2. The molecular formula is C18H22N4OS. The molecule has 1 aromatic carbocycles. The Balaban J connectivity index is 1.43. The van der Waals surface area contributed by atoms with E-state index in [2.05, 4.69) is 10.3 Å². The highest BCUT2D eigenvalue weighted by atomic mass is 32.1. The van der Waals surface area contributed by atoms with Crippen LogP contribution in [0.1, 0.15) is 18.5 Å². The molecule has 2 saturated heterocycles. The van der Waals surface area contributed by atoms with Gasteiger partial charge in [-0.1, -0.05) is 12.1 Å². The molecule has 1 amide bonds. The smallest absolute Gasteiger partial charge is 0.228 e. The molecule has 1 spiro atoms. The van der Waals surface area contributed by atoms with Gasteiger partial charge in [-0.3, -0.25) is 4.79 Å². The highest BCUT2D eigenvalue weighted by Gasteiger charge is 2.41. The number of nitrogens with zero attached hydrogens (tertiary/aromatic N) is 2. The molecule has 2 aliphatic rings. The minimum Gasteiger partial charge on any atom is -0.398 e. The Morgan fingerprint density at radius 1 is 1.38 bits per heavy atom. The molecule has 1 aromatic heterocycles. The van der Waals surface area contributed by atoms with E-state index in [1.165, 1.54) is 6.42 Å². The Labute approximate surface area is 145 Å². The third kappa shape index (κ3) is 2.91. The first-order valence-corrected chi connectivity index (χ1v) is 9.31. The van der Waals surface area contributed by atoms with Crippen molar-refractivity contribution < 1.29 is 4.79 Å². The molecule has 0 saturated carbocycles. The van der Waals surface area contributed by atoms with E-state index in [0.717, 1.165) is 54.6 Å². The van der Waals surface area contributed by atoms with Crippen LogP contribution in [0.5, 0.6) is 0 Å². The lowest BCUT2D eigenvalue weighted by Gasteiger charge is -2.22. The summed E-state index contributed by atoms with van der Waals surface area (Å²) in [5.74, 6) is 0.191. The molecular weight excluding hydrogens is 320 g/mol. The van der Waals surface area contributed by atoms with Crippen LogP contribution in [0.4, 0.5) is 5.69 Å². The summed E-state index contributed by atoms with van der Waals surface area (Å²) in [6.45, 7) is 3.89. The Kier molecular flexibility index (Phi) is 4.02. The van der Waals surface area contributed by atoms with Crippen LogP contribution in [-0.2, 0) is 11.2 Å². The molecule has 2 fully saturated rings. The van der Waals surface area contributed by atoms with Crippen molar-refractivity contribution in [3.05, 3.63) is 35.3 Å². The molecule has 3 heterocycles. The summed E-state index contributed by atoms with van der Waals surface area (Å²) >= 11 is 1.55. The number of nitrogens with two attached hydrogens (primary N) is 1. The molecule has 0 radical (unpaired) electrons. The maximum Gasteiger partial charge on any atom is 0.228 e. The summed E-state index contributed by atoms with van der Waals surface area (Å²) in [6.07, 6.45) is 2.69. The van der Waals surface area contributed by atoms with Crippen LogP contribution in [0.15, 0.2) is 29.6 Å². The van der Waals surface area contributed by atoms with Crippen LogP contribution in [-0.4, -0.2) is 42.0 Å². The van der Waals surface area contributed by atoms with Gasteiger partial charge in [-0.25, -0.2) is 4.98 Å². The second-order valence-corrected chi connectivity index (χ2v) is 7.76. The zero-order chi connectivity index (χ0) is 16.6. The van der Waals surface area contributed by atoms with E-state index in [9.17, 15) is 4.79 Å². The van der Waals surface area contributed by atoms with Gasteiger partial charge in [-0.05, 0) is 31.5 Å². The van der Waals surface area contributed by atoms with Crippen molar-refractivity contribution in [2.24, 2.45) is 5.41 Å². The molecule has 5 nitrogen and oxygen atoms in total. The quantitative estimate of drug-likeness (QED) is 0.839. The number of benzene rings is 1. The van der Waals surface area contributed by atoms with E-state index in [1.807, 2.05) is 34.5 Å². The fourth-order valence-corrected chi connectivity index (χ4v) is 4.63. The van der Waals surface area contributed by atoms with Gasteiger partial charge in [-0.2, -0.15) is 0 Å². The van der Waals surface area contributed by atoms with Gasteiger partial charge in [0.2, 0.25) is 5.91 Å². The number of aromatic nitrogens is 1. The van der Waals surface area contributed by atoms with Crippen molar-refractivity contribution in [1.82, 2.24) is 15.2 Å². The van der Waals surface area contributed by atoms with Crippen molar-refractivity contribution in [2.45, 2.75) is 19.3 Å². The van der Waals surface area contributed by atoms with Crippen molar-refractivity contribution in [2.75, 3.05) is 31.9 Å². The molecule has 1 unspecified atom stereocenters. The largest absolute Gasteiger partial charge is 0.398 e. The molecule has 24 heavy (non-hydrogen) atoms. The van der Waals surface area contributed by atoms with E-state index in [-0.39, 0.29) is 5.91 Å². The van der Waals surface area contributed by atoms with Crippen molar-refractivity contribution in [3.8, 4) is 10.6 Å².